The van der Waals surface area contributed by atoms with Gasteiger partial charge < -0.3 is 11.1 Å². The first kappa shape index (κ1) is 13.7. The Morgan fingerprint density at radius 3 is 2.89 bits per heavy atom. The molecule has 0 unspecified atom stereocenters. The minimum Gasteiger partial charge on any atom is -0.370 e. The van der Waals surface area contributed by atoms with Gasteiger partial charge in [0, 0.05) is 11.1 Å². The average molecular weight is 257 g/mol. The average Bonchev–Trinajstić information content (AvgIpc) is 2.84. The van der Waals surface area contributed by atoms with Crippen LogP contribution in [0.2, 0.25) is 0 Å². The molecule has 3 N–H and O–H groups in total. The number of benzene rings is 1. The molecule has 1 aliphatic rings. The lowest BCUT2D eigenvalue weighted by molar-refractivity contribution is 0.498. The van der Waals surface area contributed by atoms with Crippen LogP contribution in [0.15, 0.2) is 35.8 Å². The lowest BCUT2D eigenvalue weighted by atomic mass is 9.94. The van der Waals surface area contributed by atoms with E-state index in [9.17, 15) is 0 Å². The molecule has 0 spiro atoms. The lowest BCUT2D eigenvalue weighted by Crippen LogP contribution is -2.25. The van der Waals surface area contributed by atoms with Gasteiger partial charge in [0.2, 0.25) is 0 Å². The fraction of sp³-hybridized carbons (Fsp3) is 0.438. The lowest BCUT2D eigenvalue weighted by Gasteiger charge is -2.17. The van der Waals surface area contributed by atoms with Crippen molar-refractivity contribution in [3.63, 3.8) is 0 Å². The maximum atomic E-state index is 5.92. The van der Waals surface area contributed by atoms with E-state index in [1.165, 1.54) is 30.4 Å². The van der Waals surface area contributed by atoms with Crippen LogP contribution < -0.4 is 11.1 Å². The number of nitrogens with two attached hydrogens (primary N) is 1. The quantitative estimate of drug-likeness (QED) is 0.494. The van der Waals surface area contributed by atoms with E-state index in [4.69, 9.17) is 5.73 Å². The molecule has 0 heterocycles. The smallest absolute Gasteiger partial charge is 0.193 e. The van der Waals surface area contributed by atoms with Crippen LogP contribution in [-0.2, 0) is 12.8 Å². The Kier molecular flexibility index (Phi) is 3.93. The molecule has 3 nitrogen and oxygen atoms in total. The molecule has 1 aliphatic carbocycles. The zero-order valence-corrected chi connectivity index (χ0v) is 11.9. The van der Waals surface area contributed by atoms with Crippen molar-refractivity contribution in [1.82, 2.24) is 0 Å². The summed E-state index contributed by atoms with van der Waals surface area (Å²) in [6, 6.07) is 6.44. The van der Waals surface area contributed by atoms with Gasteiger partial charge in [-0.2, -0.15) is 0 Å². The normalized spacial score (nSPS) is 15.2. The van der Waals surface area contributed by atoms with Gasteiger partial charge in [0.1, 0.15) is 0 Å². The Morgan fingerprint density at radius 1 is 1.42 bits per heavy atom. The maximum Gasteiger partial charge on any atom is 0.193 e. The van der Waals surface area contributed by atoms with Gasteiger partial charge in [-0.05, 0) is 42.5 Å². The molecule has 0 bridgehead atoms. The van der Waals surface area contributed by atoms with Gasteiger partial charge in [-0.15, -0.1) is 6.58 Å². The summed E-state index contributed by atoms with van der Waals surface area (Å²) in [5.41, 5.74) is 9.82. The molecule has 0 atom stereocenters. The third-order valence-corrected chi connectivity index (χ3v) is 3.58. The zero-order chi connectivity index (χ0) is 13.9. The maximum absolute atomic E-state index is 5.92. The van der Waals surface area contributed by atoms with E-state index in [1.807, 2.05) is 6.08 Å². The van der Waals surface area contributed by atoms with Crippen molar-refractivity contribution in [2.45, 2.75) is 33.1 Å². The van der Waals surface area contributed by atoms with E-state index < -0.39 is 0 Å². The highest BCUT2D eigenvalue weighted by Crippen LogP contribution is 2.24. The van der Waals surface area contributed by atoms with E-state index in [0.717, 1.165) is 5.69 Å². The van der Waals surface area contributed by atoms with Crippen LogP contribution in [-0.4, -0.2) is 12.5 Å². The molecule has 3 heteroatoms. The van der Waals surface area contributed by atoms with E-state index in [1.54, 1.807) is 0 Å². The Labute approximate surface area is 115 Å². The van der Waals surface area contributed by atoms with Crippen LogP contribution in [0.1, 0.15) is 31.4 Å². The minimum atomic E-state index is -0.0236. The number of rotatable bonds is 4. The third kappa shape index (κ3) is 3.60. The Bertz CT molecular complexity index is 501. The Hall–Kier alpha value is -1.77. The molecule has 19 heavy (non-hydrogen) atoms. The van der Waals surface area contributed by atoms with E-state index >= 15 is 0 Å². The van der Waals surface area contributed by atoms with Crippen molar-refractivity contribution in [2.75, 3.05) is 11.9 Å². The molecular weight excluding hydrogens is 234 g/mol. The molecule has 0 fully saturated rings. The van der Waals surface area contributed by atoms with Gasteiger partial charge in [0.05, 0.1) is 6.54 Å². The predicted molar refractivity (Wildman–Crippen MR) is 82.6 cm³/mol. The number of nitrogens with zero attached hydrogens (tertiary/aromatic N) is 1. The van der Waals surface area contributed by atoms with Crippen LogP contribution >= 0.6 is 0 Å². The number of hydrogen-bond donors (Lipinski definition) is 2. The summed E-state index contributed by atoms with van der Waals surface area (Å²) in [6.07, 6.45) is 5.53. The van der Waals surface area contributed by atoms with Crippen LogP contribution in [0.3, 0.4) is 0 Å². The fourth-order valence-electron chi connectivity index (χ4n) is 2.19. The van der Waals surface area contributed by atoms with Crippen molar-refractivity contribution in [2.24, 2.45) is 16.1 Å². The largest absolute Gasteiger partial charge is 0.370 e. The fourth-order valence-corrected chi connectivity index (χ4v) is 2.19. The SMILES string of the molecule is C=CC(C)(C)CN=C(N)Nc1ccc2c(c1)CCC2. The van der Waals surface area contributed by atoms with Gasteiger partial charge in [0.15, 0.2) is 5.96 Å². The highest BCUT2D eigenvalue weighted by molar-refractivity contribution is 5.92. The Balaban J connectivity index is 2.01. The number of fused-ring (bicyclic) bond motifs is 1. The van der Waals surface area contributed by atoms with Crippen LogP contribution in [0.5, 0.6) is 0 Å². The topological polar surface area (TPSA) is 50.4 Å². The number of guanidine groups is 1. The number of aliphatic imine (C=N–C) groups is 1. The highest BCUT2D eigenvalue weighted by atomic mass is 15.1. The summed E-state index contributed by atoms with van der Waals surface area (Å²) in [4.78, 5) is 4.37. The highest BCUT2D eigenvalue weighted by Gasteiger charge is 2.13. The first-order valence-corrected chi connectivity index (χ1v) is 6.82. The molecule has 1 aromatic rings. The summed E-state index contributed by atoms with van der Waals surface area (Å²) in [5.74, 6) is 0.466. The van der Waals surface area contributed by atoms with Crippen LogP contribution in [0, 0.1) is 5.41 Å². The van der Waals surface area contributed by atoms with E-state index in [0.29, 0.717) is 12.5 Å². The number of aryl methyl sites for hydroxylation is 2. The second kappa shape index (κ2) is 5.47. The summed E-state index contributed by atoms with van der Waals surface area (Å²) in [7, 11) is 0. The van der Waals surface area contributed by atoms with Gasteiger partial charge in [0.25, 0.3) is 0 Å². The molecule has 0 saturated heterocycles. The van der Waals surface area contributed by atoms with Gasteiger partial charge in [-0.25, -0.2) is 0 Å². The van der Waals surface area contributed by atoms with E-state index in [2.05, 4.69) is 48.9 Å². The monoisotopic (exact) mass is 257 g/mol. The molecule has 1 aromatic carbocycles. The molecule has 0 aromatic heterocycles. The van der Waals surface area contributed by atoms with Crippen molar-refractivity contribution in [3.05, 3.63) is 42.0 Å². The van der Waals surface area contributed by atoms with E-state index in [-0.39, 0.29) is 5.41 Å². The number of nitrogens with one attached hydrogen (secondary N) is 1. The second-order valence-corrected chi connectivity index (χ2v) is 5.86. The summed E-state index contributed by atoms with van der Waals surface area (Å²) in [5, 5.41) is 3.16. The molecule has 0 amide bonds. The Morgan fingerprint density at radius 2 is 2.16 bits per heavy atom. The molecule has 2 rings (SSSR count). The zero-order valence-electron chi connectivity index (χ0n) is 11.9. The van der Waals surface area contributed by atoms with Crippen molar-refractivity contribution in [3.8, 4) is 0 Å². The summed E-state index contributed by atoms with van der Waals surface area (Å²) >= 11 is 0. The summed E-state index contributed by atoms with van der Waals surface area (Å²) < 4.78 is 0. The number of hydrogen-bond acceptors (Lipinski definition) is 1. The van der Waals surface area contributed by atoms with Crippen molar-refractivity contribution in [1.29, 1.82) is 0 Å². The second-order valence-electron chi connectivity index (χ2n) is 5.86. The van der Waals surface area contributed by atoms with Crippen molar-refractivity contribution < 1.29 is 0 Å². The van der Waals surface area contributed by atoms with Crippen molar-refractivity contribution >= 4 is 11.6 Å². The summed E-state index contributed by atoms with van der Waals surface area (Å²) in [6.45, 7) is 8.62. The standard InChI is InChI=1S/C16H23N3/c1-4-16(2,3)11-18-15(17)19-14-9-8-12-6-5-7-13(12)10-14/h4,8-10H,1,5-7,11H2,2-3H3,(H3,17,18,19). The minimum absolute atomic E-state index is 0.0236. The van der Waals surface area contributed by atoms with Gasteiger partial charge in [-0.1, -0.05) is 26.0 Å². The van der Waals surface area contributed by atoms with Gasteiger partial charge in [-0.3, -0.25) is 4.99 Å². The number of anilines is 1. The molecule has 0 radical (unpaired) electrons. The van der Waals surface area contributed by atoms with Crippen LogP contribution in [0.4, 0.5) is 5.69 Å². The predicted octanol–water partition coefficient (Wildman–Crippen LogP) is 3.11. The van der Waals surface area contributed by atoms with Crippen LogP contribution in [0.25, 0.3) is 0 Å². The molecule has 0 aliphatic heterocycles. The first-order valence-electron chi connectivity index (χ1n) is 6.82. The third-order valence-electron chi connectivity index (χ3n) is 3.58. The first-order chi connectivity index (χ1) is 9.00. The molecule has 102 valence electrons. The molecule has 0 saturated carbocycles. The van der Waals surface area contributed by atoms with Gasteiger partial charge >= 0.3 is 0 Å². The molecular formula is C16H23N3.